The summed E-state index contributed by atoms with van der Waals surface area (Å²) < 4.78 is 0. The molecular weight excluding hydrogens is 232 g/mol. The highest BCUT2D eigenvalue weighted by Crippen LogP contribution is 2.40. The Hall–Kier alpha value is -0.760. The summed E-state index contributed by atoms with van der Waals surface area (Å²) in [5.41, 5.74) is 8.23. The summed E-state index contributed by atoms with van der Waals surface area (Å²) in [5.74, 6) is 1.54. The summed E-state index contributed by atoms with van der Waals surface area (Å²) in [5, 5.41) is 0. The van der Waals surface area contributed by atoms with Gasteiger partial charge in [0.1, 0.15) is 0 Å². The Balaban J connectivity index is 2.15. The molecule has 0 aromatic carbocycles. The van der Waals surface area contributed by atoms with E-state index >= 15 is 0 Å². The standard InChI is InChI=1S/C17H30N2/c1-4-7-15(13(2)18)16(12-14-8-5-9-14)17-10-6-11-19(17)3/h7,14,16-17H,2,4-6,8-12,18H2,1,3H3/b15-7-. The zero-order valence-corrected chi connectivity index (χ0v) is 12.7. The van der Waals surface area contributed by atoms with Gasteiger partial charge in [-0.25, -0.2) is 0 Å². The van der Waals surface area contributed by atoms with Gasteiger partial charge in [0, 0.05) is 17.7 Å². The van der Waals surface area contributed by atoms with Gasteiger partial charge in [0.05, 0.1) is 0 Å². The second-order valence-corrected chi connectivity index (χ2v) is 6.42. The lowest BCUT2D eigenvalue weighted by Gasteiger charge is -2.36. The van der Waals surface area contributed by atoms with E-state index in [1.165, 1.54) is 50.6 Å². The first kappa shape index (κ1) is 14.6. The van der Waals surface area contributed by atoms with Gasteiger partial charge >= 0.3 is 0 Å². The van der Waals surface area contributed by atoms with Gasteiger partial charge in [-0.1, -0.05) is 38.8 Å². The summed E-state index contributed by atoms with van der Waals surface area (Å²) in [7, 11) is 2.27. The van der Waals surface area contributed by atoms with Crippen LogP contribution >= 0.6 is 0 Å². The number of rotatable bonds is 6. The summed E-state index contributed by atoms with van der Waals surface area (Å²) >= 11 is 0. The van der Waals surface area contributed by atoms with Gasteiger partial charge in [-0.3, -0.25) is 0 Å². The van der Waals surface area contributed by atoms with Gasteiger partial charge in [-0.15, -0.1) is 0 Å². The fraction of sp³-hybridized carbons (Fsp3) is 0.765. The van der Waals surface area contributed by atoms with Crippen LogP contribution in [0.3, 0.4) is 0 Å². The minimum atomic E-state index is 0.607. The number of nitrogens with zero attached hydrogens (tertiary/aromatic N) is 1. The molecule has 0 bridgehead atoms. The predicted molar refractivity (Wildman–Crippen MR) is 82.8 cm³/mol. The van der Waals surface area contributed by atoms with Crippen LogP contribution in [0, 0.1) is 11.8 Å². The molecule has 0 aromatic rings. The maximum absolute atomic E-state index is 6.09. The molecule has 1 saturated carbocycles. The van der Waals surface area contributed by atoms with E-state index in [2.05, 4.69) is 31.5 Å². The molecule has 2 aliphatic rings. The van der Waals surface area contributed by atoms with Crippen LogP contribution in [0.15, 0.2) is 23.9 Å². The molecule has 2 unspecified atom stereocenters. The fourth-order valence-electron chi connectivity index (χ4n) is 3.76. The van der Waals surface area contributed by atoms with Crippen molar-refractivity contribution in [3.8, 4) is 0 Å². The number of nitrogens with two attached hydrogens (primary N) is 1. The van der Waals surface area contributed by atoms with Crippen LogP contribution < -0.4 is 5.73 Å². The lowest BCUT2D eigenvalue weighted by Crippen LogP contribution is -2.36. The molecule has 1 aliphatic carbocycles. The van der Waals surface area contributed by atoms with Crippen molar-refractivity contribution in [2.75, 3.05) is 13.6 Å². The topological polar surface area (TPSA) is 29.3 Å². The molecule has 0 spiro atoms. The smallest absolute Gasteiger partial charge is 0.0273 e. The van der Waals surface area contributed by atoms with Crippen molar-refractivity contribution in [2.24, 2.45) is 17.6 Å². The van der Waals surface area contributed by atoms with E-state index in [-0.39, 0.29) is 0 Å². The molecule has 2 heteroatoms. The Morgan fingerprint density at radius 3 is 2.53 bits per heavy atom. The lowest BCUT2D eigenvalue weighted by atomic mass is 9.73. The van der Waals surface area contributed by atoms with E-state index in [9.17, 15) is 0 Å². The molecule has 2 nitrogen and oxygen atoms in total. The van der Waals surface area contributed by atoms with Gasteiger partial charge in [-0.2, -0.15) is 0 Å². The first-order valence-corrected chi connectivity index (χ1v) is 7.98. The predicted octanol–water partition coefficient (Wildman–Crippen LogP) is 3.70. The number of allylic oxidation sites excluding steroid dienone is 2. The molecule has 1 heterocycles. The molecule has 19 heavy (non-hydrogen) atoms. The Bertz CT molecular complexity index is 341. The van der Waals surface area contributed by atoms with E-state index in [0.717, 1.165) is 18.0 Å². The second kappa shape index (κ2) is 6.60. The van der Waals surface area contributed by atoms with E-state index < -0.39 is 0 Å². The highest BCUT2D eigenvalue weighted by atomic mass is 15.1. The van der Waals surface area contributed by atoms with E-state index in [1.54, 1.807) is 0 Å². The van der Waals surface area contributed by atoms with Crippen LogP contribution in [0.1, 0.15) is 51.9 Å². The zero-order chi connectivity index (χ0) is 13.8. The highest BCUT2D eigenvalue weighted by Gasteiger charge is 2.34. The van der Waals surface area contributed by atoms with Crippen molar-refractivity contribution in [2.45, 2.75) is 57.9 Å². The van der Waals surface area contributed by atoms with Crippen molar-refractivity contribution in [1.82, 2.24) is 4.90 Å². The molecule has 1 saturated heterocycles. The molecule has 2 N–H and O–H groups in total. The number of hydrogen-bond donors (Lipinski definition) is 1. The third kappa shape index (κ3) is 3.42. The van der Waals surface area contributed by atoms with E-state index in [4.69, 9.17) is 5.73 Å². The van der Waals surface area contributed by atoms with Crippen LogP contribution in [0.5, 0.6) is 0 Å². The van der Waals surface area contributed by atoms with Crippen LogP contribution in [0.2, 0.25) is 0 Å². The third-order valence-corrected chi connectivity index (χ3v) is 5.05. The molecule has 2 rings (SSSR count). The fourth-order valence-corrected chi connectivity index (χ4v) is 3.76. The van der Waals surface area contributed by atoms with Gasteiger partial charge in [0.15, 0.2) is 0 Å². The Kier molecular flexibility index (Phi) is 5.09. The van der Waals surface area contributed by atoms with E-state index in [1.807, 2.05) is 0 Å². The van der Waals surface area contributed by atoms with Gasteiger partial charge in [0.25, 0.3) is 0 Å². The average molecular weight is 262 g/mol. The van der Waals surface area contributed by atoms with Gasteiger partial charge in [0.2, 0.25) is 0 Å². The SMILES string of the molecule is C=C(N)/C(=C/CC)C(CC1CCC1)C1CCCN1C. The number of hydrogen-bond acceptors (Lipinski definition) is 2. The molecular formula is C17H30N2. The summed E-state index contributed by atoms with van der Waals surface area (Å²) in [6.45, 7) is 7.47. The van der Waals surface area contributed by atoms with Crippen LogP contribution in [-0.4, -0.2) is 24.5 Å². The first-order chi connectivity index (χ1) is 9.13. The first-order valence-electron chi connectivity index (χ1n) is 7.98. The van der Waals surface area contributed by atoms with Crippen molar-refractivity contribution < 1.29 is 0 Å². The van der Waals surface area contributed by atoms with E-state index in [0.29, 0.717) is 12.0 Å². The summed E-state index contributed by atoms with van der Waals surface area (Å²) in [6.07, 6.45) is 11.6. The molecule has 0 aromatic heterocycles. The molecule has 2 atom stereocenters. The number of likely N-dealkylation sites (tertiary alicyclic amines) is 1. The summed E-state index contributed by atoms with van der Waals surface area (Å²) in [4.78, 5) is 2.54. The van der Waals surface area contributed by atoms with Crippen molar-refractivity contribution in [3.63, 3.8) is 0 Å². The lowest BCUT2D eigenvalue weighted by molar-refractivity contribution is 0.187. The maximum atomic E-state index is 6.09. The summed E-state index contributed by atoms with van der Waals surface area (Å²) in [6, 6.07) is 0.679. The highest BCUT2D eigenvalue weighted by molar-refractivity contribution is 5.30. The third-order valence-electron chi connectivity index (χ3n) is 5.05. The minimum Gasteiger partial charge on any atom is -0.399 e. The average Bonchev–Trinajstić information content (AvgIpc) is 2.72. The van der Waals surface area contributed by atoms with Crippen molar-refractivity contribution >= 4 is 0 Å². The van der Waals surface area contributed by atoms with Crippen molar-refractivity contribution in [3.05, 3.63) is 23.9 Å². The minimum absolute atomic E-state index is 0.607. The Labute approximate surface area is 118 Å². The quantitative estimate of drug-likeness (QED) is 0.740. The Morgan fingerprint density at radius 1 is 1.37 bits per heavy atom. The monoisotopic (exact) mass is 262 g/mol. The van der Waals surface area contributed by atoms with Crippen molar-refractivity contribution in [1.29, 1.82) is 0 Å². The molecule has 108 valence electrons. The maximum Gasteiger partial charge on any atom is 0.0273 e. The molecule has 2 fully saturated rings. The molecule has 0 radical (unpaired) electrons. The van der Waals surface area contributed by atoms with Crippen LogP contribution in [-0.2, 0) is 0 Å². The van der Waals surface area contributed by atoms with Crippen LogP contribution in [0.4, 0.5) is 0 Å². The zero-order valence-electron chi connectivity index (χ0n) is 12.7. The van der Waals surface area contributed by atoms with Gasteiger partial charge in [-0.05, 0) is 50.8 Å². The van der Waals surface area contributed by atoms with Gasteiger partial charge < -0.3 is 10.6 Å². The van der Waals surface area contributed by atoms with Crippen LogP contribution in [0.25, 0.3) is 0 Å². The largest absolute Gasteiger partial charge is 0.399 e. The Morgan fingerprint density at radius 2 is 2.11 bits per heavy atom. The molecule has 1 aliphatic heterocycles. The molecule has 0 amide bonds. The second-order valence-electron chi connectivity index (χ2n) is 6.42. The normalized spacial score (nSPS) is 27.3.